The monoisotopic (exact) mass is 281 g/mol. The van der Waals surface area contributed by atoms with E-state index in [0.29, 0.717) is 6.54 Å². The number of fused-ring (bicyclic) bond motifs is 1. The molecule has 1 aromatic carbocycles. The summed E-state index contributed by atoms with van der Waals surface area (Å²) in [6.07, 6.45) is 3.90. The molecule has 5 nitrogen and oxygen atoms in total. The van der Waals surface area contributed by atoms with Crippen molar-refractivity contribution in [3.63, 3.8) is 0 Å². The van der Waals surface area contributed by atoms with Crippen molar-refractivity contribution in [2.45, 2.75) is 13.1 Å². The van der Waals surface area contributed by atoms with Gasteiger partial charge < -0.3 is 10.6 Å². The third-order valence-electron chi connectivity index (χ3n) is 3.52. The lowest BCUT2D eigenvalue weighted by Crippen LogP contribution is -2.18. The van der Waals surface area contributed by atoms with E-state index in [-0.39, 0.29) is 0 Å². The van der Waals surface area contributed by atoms with Crippen molar-refractivity contribution in [2.75, 3.05) is 11.9 Å². The standard InChI is InChI=1S/C16H19N5/c1-20(10-12-9-18-21(2)11-12)16-15-6-4-3-5-13(15)7-14(8-17)19-16/h3-7,9,11H,8,10,17H2,1-2H3. The second-order valence-corrected chi connectivity index (χ2v) is 5.24. The van der Waals surface area contributed by atoms with Crippen LogP contribution >= 0.6 is 0 Å². The van der Waals surface area contributed by atoms with Crippen LogP contribution in [-0.4, -0.2) is 21.8 Å². The predicted molar refractivity (Wildman–Crippen MR) is 84.9 cm³/mol. The van der Waals surface area contributed by atoms with E-state index in [0.717, 1.165) is 29.0 Å². The molecule has 0 spiro atoms. The van der Waals surface area contributed by atoms with E-state index < -0.39 is 0 Å². The van der Waals surface area contributed by atoms with Gasteiger partial charge in [0.2, 0.25) is 0 Å². The summed E-state index contributed by atoms with van der Waals surface area (Å²) in [6, 6.07) is 10.3. The molecule has 0 atom stereocenters. The molecule has 0 aliphatic rings. The van der Waals surface area contributed by atoms with Crippen LogP contribution in [0.3, 0.4) is 0 Å². The summed E-state index contributed by atoms with van der Waals surface area (Å²) < 4.78 is 1.81. The Morgan fingerprint density at radius 3 is 2.81 bits per heavy atom. The lowest BCUT2D eigenvalue weighted by molar-refractivity contribution is 0.766. The number of pyridine rings is 1. The van der Waals surface area contributed by atoms with Crippen molar-refractivity contribution >= 4 is 16.6 Å². The zero-order valence-electron chi connectivity index (χ0n) is 12.3. The molecule has 0 saturated carbocycles. The fourth-order valence-corrected chi connectivity index (χ4v) is 2.53. The average Bonchev–Trinajstić information content (AvgIpc) is 2.91. The van der Waals surface area contributed by atoms with E-state index in [2.05, 4.69) is 28.2 Å². The van der Waals surface area contributed by atoms with Gasteiger partial charge in [-0.25, -0.2) is 4.98 Å². The third kappa shape index (κ3) is 2.73. The SMILES string of the molecule is CN(Cc1cnn(C)c1)c1nc(CN)cc2ccccc12. The van der Waals surface area contributed by atoms with Crippen LogP contribution in [0.5, 0.6) is 0 Å². The number of rotatable bonds is 4. The smallest absolute Gasteiger partial charge is 0.136 e. The molecule has 0 unspecified atom stereocenters. The van der Waals surface area contributed by atoms with Gasteiger partial charge in [0.05, 0.1) is 11.9 Å². The molecular formula is C16H19N5. The molecule has 2 N–H and O–H groups in total. The van der Waals surface area contributed by atoms with Gasteiger partial charge in [-0.2, -0.15) is 5.10 Å². The fraction of sp³-hybridized carbons (Fsp3) is 0.250. The Kier molecular flexibility index (Phi) is 3.58. The zero-order valence-corrected chi connectivity index (χ0v) is 12.3. The summed E-state index contributed by atoms with van der Waals surface area (Å²) in [4.78, 5) is 6.83. The second kappa shape index (κ2) is 5.54. The molecule has 108 valence electrons. The van der Waals surface area contributed by atoms with Gasteiger partial charge in [0.15, 0.2) is 0 Å². The summed E-state index contributed by atoms with van der Waals surface area (Å²) >= 11 is 0. The molecule has 2 aromatic heterocycles. The summed E-state index contributed by atoms with van der Waals surface area (Å²) in [5.41, 5.74) is 7.83. The number of benzene rings is 1. The van der Waals surface area contributed by atoms with Gasteiger partial charge in [-0.1, -0.05) is 24.3 Å². The molecular weight excluding hydrogens is 262 g/mol. The number of hydrogen-bond donors (Lipinski definition) is 1. The molecule has 5 heteroatoms. The first kappa shape index (κ1) is 13.6. The first-order valence-electron chi connectivity index (χ1n) is 6.95. The van der Waals surface area contributed by atoms with E-state index in [1.165, 1.54) is 5.39 Å². The van der Waals surface area contributed by atoms with Gasteiger partial charge in [0.25, 0.3) is 0 Å². The molecule has 3 aromatic rings. The number of nitrogens with two attached hydrogens (primary N) is 1. The lowest BCUT2D eigenvalue weighted by Gasteiger charge is -2.20. The third-order valence-corrected chi connectivity index (χ3v) is 3.52. The number of anilines is 1. The molecule has 0 aliphatic carbocycles. The van der Waals surface area contributed by atoms with Crippen molar-refractivity contribution in [3.8, 4) is 0 Å². The van der Waals surface area contributed by atoms with Crippen molar-refractivity contribution in [3.05, 3.63) is 54.0 Å². The Balaban J connectivity index is 2.01. The van der Waals surface area contributed by atoms with Crippen LogP contribution in [-0.2, 0) is 20.1 Å². The highest BCUT2D eigenvalue weighted by molar-refractivity contribution is 5.92. The van der Waals surface area contributed by atoms with Crippen LogP contribution in [0.15, 0.2) is 42.7 Å². The number of hydrogen-bond acceptors (Lipinski definition) is 4. The predicted octanol–water partition coefficient (Wildman–Crippen LogP) is 2.06. The van der Waals surface area contributed by atoms with Gasteiger partial charge in [0.1, 0.15) is 5.82 Å². The Morgan fingerprint density at radius 1 is 1.29 bits per heavy atom. The second-order valence-electron chi connectivity index (χ2n) is 5.24. The zero-order chi connectivity index (χ0) is 14.8. The Bertz CT molecular complexity index is 762. The molecule has 0 amide bonds. The van der Waals surface area contributed by atoms with E-state index in [1.807, 2.05) is 43.3 Å². The van der Waals surface area contributed by atoms with Crippen LogP contribution in [0.1, 0.15) is 11.3 Å². The topological polar surface area (TPSA) is 60.0 Å². The number of aromatic nitrogens is 3. The van der Waals surface area contributed by atoms with Crippen LogP contribution in [0.25, 0.3) is 10.8 Å². The minimum absolute atomic E-state index is 0.443. The van der Waals surface area contributed by atoms with Gasteiger partial charge in [-0.05, 0) is 11.5 Å². The van der Waals surface area contributed by atoms with E-state index in [1.54, 1.807) is 0 Å². The highest BCUT2D eigenvalue weighted by Gasteiger charge is 2.11. The minimum atomic E-state index is 0.443. The Labute approximate surface area is 124 Å². The molecule has 0 saturated heterocycles. The fourth-order valence-electron chi connectivity index (χ4n) is 2.53. The van der Waals surface area contributed by atoms with Crippen LogP contribution < -0.4 is 10.6 Å². The van der Waals surface area contributed by atoms with Crippen molar-refractivity contribution in [1.29, 1.82) is 0 Å². The average molecular weight is 281 g/mol. The maximum absolute atomic E-state index is 5.77. The summed E-state index contributed by atoms with van der Waals surface area (Å²) in [5, 5.41) is 6.52. The number of nitrogens with zero attached hydrogens (tertiary/aromatic N) is 4. The molecule has 0 bridgehead atoms. The Morgan fingerprint density at radius 2 is 2.10 bits per heavy atom. The number of aryl methyl sites for hydroxylation is 1. The van der Waals surface area contributed by atoms with Gasteiger partial charge in [-0.3, -0.25) is 4.68 Å². The molecule has 2 heterocycles. The van der Waals surface area contributed by atoms with Crippen LogP contribution in [0.2, 0.25) is 0 Å². The molecule has 0 fully saturated rings. The summed E-state index contributed by atoms with van der Waals surface area (Å²) in [7, 11) is 3.97. The highest BCUT2D eigenvalue weighted by Crippen LogP contribution is 2.26. The first-order chi connectivity index (χ1) is 10.2. The maximum atomic E-state index is 5.77. The van der Waals surface area contributed by atoms with Crippen molar-refractivity contribution < 1.29 is 0 Å². The van der Waals surface area contributed by atoms with Crippen LogP contribution in [0.4, 0.5) is 5.82 Å². The summed E-state index contributed by atoms with van der Waals surface area (Å²) in [5.74, 6) is 0.956. The minimum Gasteiger partial charge on any atom is -0.355 e. The highest BCUT2D eigenvalue weighted by atomic mass is 15.2. The van der Waals surface area contributed by atoms with Gasteiger partial charge >= 0.3 is 0 Å². The van der Waals surface area contributed by atoms with Gasteiger partial charge in [0, 0.05) is 44.3 Å². The quantitative estimate of drug-likeness (QED) is 0.795. The van der Waals surface area contributed by atoms with E-state index in [9.17, 15) is 0 Å². The normalized spacial score (nSPS) is 11.0. The lowest BCUT2D eigenvalue weighted by atomic mass is 10.1. The largest absolute Gasteiger partial charge is 0.355 e. The molecule has 3 rings (SSSR count). The van der Waals surface area contributed by atoms with E-state index >= 15 is 0 Å². The molecule has 0 radical (unpaired) electrons. The van der Waals surface area contributed by atoms with Crippen molar-refractivity contribution in [2.24, 2.45) is 12.8 Å². The van der Waals surface area contributed by atoms with Crippen molar-refractivity contribution in [1.82, 2.24) is 14.8 Å². The van der Waals surface area contributed by atoms with Crippen LogP contribution in [0, 0.1) is 0 Å². The summed E-state index contributed by atoms with van der Waals surface area (Å²) in [6.45, 7) is 1.21. The van der Waals surface area contributed by atoms with E-state index in [4.69, 9.17) is 10.7 Å². The van der Waals surface area contributed by atoms with Gasteiger partial charge in [-0.15, -0.1) is 0 Å². The Hall–Kier alpha value is -2.40. The molecule has 0 aliphatic heterocycles. The maximum Gasteiger partial charge on any atom is 0.136 e. The molecule has 21 heavy (non-hydrogen) atoms. The first-order valence-corrected chi connectivity index (χ1v) is 6.95.